The number of hydrogen-bond donors (Lipinski definition) is 1. The van der Waals surface area contributed by atoms with E-state index >= 15 is 0 Å². The first-order chi connectivity index (χ1) is 10.4. The van der Waals surface area contributed by atoms with E-state index in [4.69, 9.17) is 5.11 Å². The number of carbonyl (C=O) groups excluding carboxylic acids is 1. The van der Waals surface area contributed by atoms with E-state index in [0.717, 1.165) is 6.20 Å². The SMILES string of the molecule is C[C@@H]1[C@H](C(=O)O)CCCN1C(=O)CCn1cc([N+](=O)[O-])cn1. The summed E-state index contributed by atoms with van der Waals surface area (Å²) in [6.45, 7) is 2.52. The van der Waals surface area contributed by atoms with Gasteiger partial charge in [0.2, 0.25) is 5.91 Å². The highest BCUT2D eigenvalue weighted by molar-refractivity contribution is 5.78. The van der Waals surface area contributed by atoms with Crippen molar-refractivity contribution >= 4 is 17.6 Å². The lowest BCUT2D eigenvalue weighted by Crippen LogP contribution is -2.49. The Hall–Kier alpha value is -2.45. The second-order valence-corrected chi connectivity index (χ2v) is 5.38. The number of aryl methyl sites for hydroxylation is 1. The number of aromatic nitrogens is 2. The Balaban J connectivity index is 1.93. The molecule has 2 rings (SSSR count). The minimum absolute atomic E-state index is 0.121. The van der Waals surface area contributed by atoms with E-state index in [-0.39, 0.29) is 30.6 Å². The lowest BCUT2D eigenvalue weighted by Gasteiger charge is -2.37. The van der Waals surface area contributed by atoms with E-state index in [1.165, 1.54) is 10.9 Å². The normalized spacial score (nSPS) is 21.6. The van der Waals surface area contributed by atoms with Crippen LogP contribution < -0.4 is 0 Å². The molecular formula is C13H18N4O5. The highest BCUT2D eigenvalue weighted by atomic mass is 16.6. The first kappa shape index (κ1) is 15.9. The predicted molar refractivity (Wildman–Crippen MR) is 75.0 cm³/mol. The summed E-state index contributed by atoms with van der Waals surface area (Å²) in [5.41, 5.74) is -0.121. The van der Waals surface area contributed by atoms with Crippen LogP contribution in [0.5, 0.6) is 0 Å². The fourth-order valence-electron chi connectivity index (χ4n) is 2.75. The number of carboxylic acids is 1. The largest absolute Gasteiger partial charge is 0.481 e. The fourth-order valence-corrected chi connectivity index (χ4v) is 2.75. The van der Waals surface area contributed by atoms with Crippen LogP contribution in [0, 0.1) is 16.0 Å². The summed E-state index contributed by atoms with van der Waals surface area (Å²) in [4.78, 5) is 35.0. The summed E-state index contributed by atoms with van der Waals surface area (Å²) in [5, 5.41) is 23.5. The van der Waals surface area contributed by atoms with Crippen LogP contribution in [-0.4, -0.2) is 49.2 Å². The fraction of sp³-hybridized carbons (Fsp3) is 0.615. The Morgan fingerprint density at radius 3 is 2.86 bits per heavy atom. The van der Waals surface area contributed by atoms with Gasteiger partial charge in [-0.3, -0.25) is 24.4 Å². The molecule has 0 bridgehead atoms. The molecule has 1 aromatic rings. The first-order valence-corrected chi connectivity index (χ1v) is 7.09. The topological polar surface area (TPSA) is 119 Å². The number of nitrogens with zero attached hydrogens (tertiary/aromatic N) is 4. The van der Waals surface area contributed by atoms with Crippen molar-refractivity contribution in [2.75, 3.05) is 6.54 Å². The van der Waals surface area contributed by atoms with Crippen LogP contribution in [0.15, 0.2) is 12.4 Å². The third kappa shape index (κ3) is 3.41. The molecule has 0 aromatic carbocycles. The molecule has 0 unspecified atom stereocenters. The zero-order valence-electron chi connectivity index (χ0n) is 12.2. The summed E-state index contributed by atoms with van der Waals surface area (Å²) < 4.78 is 1.35. The number of hydrogen-bond acceptors (Lipinski definition) is 5. The predicted octanol–water partition coefficient (Wildman–Crippen LogP) is 0.893. The van der Waals surface area contributed by atoms with E-state index in [9.17, 15) is 19.7 Å². The van der Waals surface area contributed by atoms with Crippen LogP contribution >= 0.6 is 0 Å². The molecule has 1 amide bonds. The van der Waals surface area contributed by atoms with Gasteiger partial charge in [0.05, 0.1) is 10.8 Å². The van der Waals surface area contributed by atoms with Crippen LogP contribution in [0.2, 0.25) is 0 Å². The molecule has 2 heterocycles. The molecule has 9 nitrogen and oxygen atoms in total. The molecule has 1 aliphatic heterocycles. The number of carboxylic acid groups (broad SMARTS) is 1. The van der Waals surface area contributed by atoms with Crippen molar-refractivity contribution in [1.29, 1.82) is 0 Å². The van der Waals surface area contributed by atoms with Crippen molar-refractivity contribution in [3.05, 3.63) is 22.5 Å². The highest BCUT2D eigenvalue weighted by Gasteiger charge is 2.34. The minimum atomic E-state index is -0.882. The monoisotopic (exact) mass is 310 g/mol. The van der Waals surface area contributed by atoms with Gasteiger partial charge in [-0.05, 0) is 19.8 Å². The van der Waals surface area contributed by atoms with Crippen molar-refractivity contribution < 1.29 is 19.6 Å². The standard InChI is InChI=1S/C13H18N4O5/c1-9-11(13(19)20)3-2-5-16(9)12(18)4-6-15-8-10(7-14-15)17(21)22/h7-9,11H,2-6H2,1H3,(H,19,20)/t9-,11-/m1/s1. The summed E-state index contributed by atoms with van der Waals surface area (Å²) in [6.07, 6.45) is 3.78. The maximum Gasteiger partial charge on any atom is 0.308 e. The van der Waals surface area contributed by atoms with Crippen LogP contribution in [0.4, 0.5) is 5.69 Å². The third-order valence-electron chi connectivity index (χ3n) is 4.01. The maximum atomic E-state index is 12.2. The summed E-state index contributed by atoms with van der Waals surface area (Å²) in [7, 11) is 0. The molecule has 2 atom stereocenters. The van der Waals surface area contributed by atoms with Crippen LogP contribution in [0.25, 0.3) is 0 Å². The Labute approximate surface area is 126 Å². The number of nitro groups is 1. The van der Waals surface area contributed by atoms with Crippen molar-refractivity contribution in [3.63, 3.8) is 0 Å². The number of piperidine rings is 1. The molecule has 0 radical (unpaired) electrons. The molecular weight excluding hydrogens is 292 g/mol. The van der Waals surface area contributed by atoms with Crippen molar-refractivity contribution in [2.45, 2.75) is 38.8 Å². The molecule has 1 N–H and O–H groups in total. The van der Waals surface area contributed by atoms with E-state index < -0.39 is 16.8 Å². The molecule has 1 saturated heterocycles. The maximum absolute atomic E-state index is 12.2. The van der Waals surface area contributed by atoms with E-state index in [1.807, 2.05) is 0 Å². The number of carbonyl (C=O) groups is 2. The van der Waals surface area contributed by atoms with Gasteiger partial charge in [-0.15, -0.1) is 0 Å². The number of aliphatic carboxylic acids is 1. The Morgan fingerprint density at radius 1 is 1.55 bits per heavy atom. The zero-order valence-corrected chi connectivity index (χ0v) is 12.2. The van der Waals surface area contributed by atoms with Crippen molar-refractivity contribution in [2.24, 2.45) is 5.92 Å². The second-order valence-electron chi connectivity index (χ2n) is 5.38. The summed E-state index contributed by atoms with van der Waals surface area (Å²) in [6, 6.07) is -0.342. The number of rotatable bonds is 5. The van der Waals surface area contributed by atoms with Gasteiger partial charge in [0.15, 0.2) is 0 Å². The first-order valence-electron chi connectivity index (χ1n) is 7.09. The third-order valence-corrected chi connectivity index (χ3v) is 4.01. The van der Waals surface area contributed by atoms with Gasteiger partial charge in [-0.25, -0.2) is 0 Å². The lowest BCUT2D eigenvalue weighted by atomic mass is 9.90. The Morgan fingerprint density at radius 2 is 2.27 bits per heavy atom. The van der Waals surface area contributed by atoms with Gasteiger partial charge in [0, 0.05) is 25.6 Å². The average Bonchev–Trinajstić information content (AvgIpc) is 2.93. The number of likely N-dealkylation sites (tertiary alicyclic amines) is 1. The van der Waals surface area contributed by atoms with Gasteiger partial charge in [0.25, 0.3) is 0 Å². The molecule has 9 heteroatoms. The van der Waals surface area contributed by atoms with Gasteiger partial charge < -0.3 is 10.0 Å². The Bertz CT molecular complexity index is 585. The van der Waals surface area contributed by atoms with Crippen LogP contribution in [0.3, 0.4) is 0 Å². The van der Waals surface area contributed by atoms with Crippen LogP contribution in [0.1, 0.15) is 26.2 Å². The quantitative estimate of drug-likeness (QED) is 0.637. The molecule has 1 aromatic heterocycles. The summed E-state index contributed by atoms with van der Waals surface area (Å²) >= 11 is 0. The smallest absolute Gasteiger partial charge is 0.308 e. The number of amides is 1. The zero-order chi connectivity index (χ0) is 16.3. The molecule has 1 fully saturated rings. The highest BCUT2D eigenvalue weighted by Crippen LogP contribution is 2.24. The van der Waals surface area contributed by atoms with Gasteiger partial charge in [-0.1, -0.05) is 0 Å². The molecule has 0 aliphatic carbocycles. The van der Waals surface area contributed by atoms with E-state index in [2.05, 4.69) is 5.10 Å². The molecule has 120 valence electrons. The van der Waals surface area contributed by atoms with Gasteiger partial charge in [0.1, 0.15) is 12.4 Å². The van der Waals surface area contributed by atoms with E-state index in [1.54, 1.807) is 11.8 Å². The average molecular weight is 310 g/mol. The van der Waals surface area contributed by atoms with Crippen molar-refractivity contribution in [3.8, 4) is 0 Å². The molecule has 0 spiro atoms. The van der Waals surface area contributed by atoms with Gasteiger partial charge in [-0.2, -0.15) is 5.10 Å². The lowest BCUT2D eigenvalue weighted by molar-refractivity contribution is -0.385. The summed E-state index contributed by atoms with van der Waals surface area (Å²) in [5.74, 6) is -1.58. The molecule has 0 saturated carbocycles. The second kappa shape index (κ2) is 6.54. The van der Waals surface area contributed by atoms with Gasteiger partial charge >= 0.3 is 11.7 Å². The van der Waals surface area contributed by atoms with E-state index in [0.29, 0.717) is 19.4 Å². The van der Waals surface area contributed by atoms with Crippen LogP contribution in [-0.2, 0) is 16.1 Å². The van der Waals surface area contributed by atoms with Crippen molar-refractivity contribution in [1.82, 2.24) is 14.7 Å². The Kier molecular flexibility index (Phi) is 4.74. The molecule has 1 aliphatic rings. The molecule has 22 heavy (non-hydrogen) atoms. The minimum Gasteiger partial charge on any atom is -0.481 e.